The lowest BCUT2D eigenvalue weighted by atomic mass is 9.82. The Morgan fingerprint density at radius 3 is 2.68 bits per heavy atom. The summed E-state index contributed by atoms with van der Waals surface area (Å²) in [5.41, 5.74) is -0.312. The van der Waals surface area contributed by atoms with Crippen molar-refractivity contribution >= 4 is 28.6 Å². The summed E-state index contributed by atoms with van der Waals surface area (Å²) in [5.74, 6) is 1.67. The first-order valence-corrected chi connectivity index (χ1v) is 11.7. The monoisotopic (exact) mass is 413 g/mol. The SMILES string of the molecule is O=C(N1CCCC(c2nnc(-c3cccs3)o2)C1)C1(c2cccs2)CCCC1. The Balaban J connectivity index is 1.36. The second-order valence-corrected chi connectivity index (χ2v) is 9.67. The number of amides is 1. The molecule has 146 valence electrons. The molecule has 0 bridgehead atoms. The highest BCUT2D eigenvalue weighted by molar-refractivity contribution is 7.13. The van der Waals surface area contributed by atoms with Gasteiger partial charge in [0, 0.05) is 18.0 Å². The van der Waals surface area contributed by atoms with Crippen molar-refractivity contribution in [3.63, 3.8) is 0 Å². The van der Waals surface area contributed by atoms with E-state index in [4.69, 9.17) is 4.42 Å². The summed E-state index contributed by atoms with van der Waals surface area (Å²) in [6.07, 6.45) is 6.17. The van der Waals surface area contributed by atoms with Crippen molar-refractivity contribution in [3.8, 4) is 10.8 Å². The Labute approximate surface area is 172 Å². The van der Waals surface area contributed by atoms with Gasteiger partial charge in [-0.15, -0.1) is 32.9 Å². The summed E-state index contributed by atoms with van der Waals surface area (Å²) in [7, 11) is 0. The third-order valence-corrected chi connectivity index (χ3v) is 8.02. The predicted octanol–water partition coefficient (Wildman–Crippen LogP) is 5.08. The van der Waals surface area contributed by atoms with Crippen molar-refractivity contribution in [2.45, 2.75) is 49.9 Å². The van der Waals surface area contributed by atoms with Gasteiger partial charge in [0.15, 0.2) is 0 Å². The van der Waals surface area contributed by atoms with Gasteiger partial charge in [0.1, 0.15) is 0 Å². The van der Waals surface area contributed by atoms with Crippen molar-refractivity contribution in [3.05, 3.63) is 45.8 Å². The molecule has 1 aliphatic carbocycles. The third-order valence-electron chi connectivity index (χ3n) is 6.09. The number of rotatable bonds is 4. The van der Waals surface area contributed by atoms with Gasteiger partial charge in [0.2, 0.25) is 11.8 Å². The van der Waals surface area contributed by atoms with Crippen molar-refractivity contribution < 1.29 is 9.21 Å². The maximum Gasteiger partial charge on any atom is 0.257 e. The molecule has 2 fully saturated rings. The molecule has 7 heteroatoms. The summed E-state index contributed by atoms with van der Waals surface area (Å²) in [6.45, 7) is 1.51. The minimum Gasteiger partial charge on any atom is -0.420 e. The lowest BCUT2D eigenvalue weighted by molar-refractivity contribution is -0.138. The van der Waals surface area contributed by atoms with Crippen LogP contribution in [0.1, 0.15) is 55.2 Å². The molecule has 1 unspecified atom stereocenters. The van der Waals surface area contributed by atoms with E-state index in [-0.39, 0.29) is 11.3 Å². The fraction of sp³-hybridized carbons (Fsp3) is 0.476. The first-order chi connectivity index (χ1) is 13.8. The van der Waals surface area contributed by atoms with Gasteiger partial charge in [-0.25, -0.2) is 0 Å². The van der Waals surface area contributed by atoms with Crippen LogP contribution in [0, 0.1) is 0 Å². The number of aromatic nitrogens is 2. The quantitative estimate of drug-likeness (QED) is 0.599. The number of thiophene rings is 2. The van der Waals surface area contributed by atoms with Gasteiger partial charge >= 0.3 is 0 Å². The summed E-state index contributed by atoms with van der Waals surface area (Å²) in [4.78, 5) is 17.9. The highest BCUT2D eigenvalue weighted by atomic mass is 32.1. The van der Waals surface area contributed by atoms with Crippen molar-refractivity contribution in [2.24, 2.45) is 0 Å². The summed E-state index contributed by atoms with van der Waals surface area (Å²) >= 11 is 3.32. The smallest absolute Gasteiger partial charge is 0.257 e. The molecule has 0 aromatic carbocycles. The number of piperidine rings is 1. The minimum absolute atomic E-state index is 0.126. The van der Waals surface area contributed by atoms with E-state index in [9.17, 15) is 4.79 Å². The predicted molar refractivity (Wildman–Crippen MR) is 111 cm³/mol. The van der Waals surface area contributed by atoms with Crippen LogP contribution in [0.25, 0.3) is 10.8 Å². The highest BCUT2D eigenvalue weighted by Crippen LogP contribution is 2.45. The Kier molecular flexibility index (Phi) is 4.80. The maximum absolute atomic E-state index is 13.7. The molecule has 2 aliphatic rings. The standard InChI is InChI=1S/C21H23N3O2S2/c25-20(21(9-1-2-10-21)17-8-5-13-28-17)24-11-3-6-15(14-24)18-22-23-19(26-18)16-7-4-12-27-16/h4-5,7-8,12-13,15H,1-3,6,9-11,14H2. The largest absolute Gasteiger partial charge is 0.420 e. The van der Waals surface area contributed by atoms with Crippen LogP contribution >= 0.6 is 22.7 Å². The molecular weight excluding hydrogens is 390 g/mol. The Morgan fingerprint density at radius 1 is 1.11 bits per heavy atom. The van der Waals surface area contributed by atoms with E-state index in [1.807, 2.05) is 17.5 Å². The second kappa shape index (κ2) is 7.44. The summed E-state index contributed by atoms with van der Waals surface area (Å²) < 4.78 is 5.97. The molecule has 1 saturated heterocycles. The summed E-state index contributed by atoms with van der Waals surface area (Å²) in [5, 5.41) is 12.6. The zero-order chi connectivity index (χ0) is 19.0. The normalized spacial score (nSPS) is 21.9. The number of likely N-dealkylation sites (tertiary alicyclic amines) is 1. The average Bonchev–Trinajstić information content (AvgIpc) is 3.52. The van der Waals surface area contributed by atoms with Gasteiger partial charge in [0.25, 0.3) is 5.89 Å². The molecule has 1 aliphatic heterocycles. The number of carbonyl (C=O) groups excluding carboxylic acids is 1. The van der Waals surface area contributed by atoms with Crippen LogP contribution in [0.15, 0.2) is 39.4 Å². The molecule has 0 spiro atoms. The van der Waals surface area contributed by atoms with Gasteiger partial charge in [-0.1, -0.05) is 25.0 Å². The first kappa shape index (κ1) is 18.1. The summed E-state index contributed by atoms with van der Waals surface area (Å²) in [6, 6.07) is 8.18. The minimum atomic E-state index is -0.312. The van der Waals surface area contributed by atoms with E-state index in [2.05, 4.69) is 32.6 Å². The zero-order valence-corrected chi connectivity index (χ0v) is 17.3. The second-order valence-electron chi connectivity index (χ2n) is 7.78. The fourth-order valence-corrected chi connectivity index (χ4v) is 6.28. The van der Waals surface area contributed by atoms with Crippen molar-refractivity contribution in [1.29, 1.82) is 0 Å². The molecule has 5 rings (SSSR count). The Morgan fingerprint density at radius 2 is 1.93 bits per heavy atom. The third kappa shape index (κ3) is 3.10. The lowest BCUT2D eigenvalue weighted by Crippen LogP contribution is -2.48. The van der Waals surface area contributed by atoms with Crippen molar-refractivity contribution in [1.82, 2.24) is 15.1 Å². The molecule has 3 aromatic heterocycles. The van der Waals surface area contributed by atoms with Crippen LogP contribution in [0.3, 0.4) is 0 Å². The van der Waals surface area contributed by atoms with E-state index in [0.29, 0.717) is 24.2 Å². The van der Waals surface area contributed by atoms with E-state index >= 15 is 0 Å². The number of carbonyl (C=O) groups is 1. The van der Waals surface area contributed by atoms with Gasteiger partial charge in [-0.3, -0.25) is 4.79 Å². The van der Waals surface area contributed by atoms with Gasteiger partial charge < -0.3 is 9.32 Å². The van der Waals surface area contributed by atoms with E-state index < -0.39 is 0 Å². The molecule has 3 aromatic rings. The molecular formula is C21H23N3O2S2. The van der Waals surface area contributed by atoms with E-state index in [1.54, 1.807) is 22.7 Å². The molecule has 0 radical (unpaired) electrons. The molecule has 5 nitrogen and oxygen atoms in total. The maximum atomic E-state index is 13.7. The van der Waals surface area contributed by atoms with Crippen LogP contribution < -0.4 is 0 Å². The van der Waals surface area contributed by atoms with Crippen LogP contribution in [0.5, 0.6) is 0 Å². The Hall–Kier alpha value is -1.99. The molecule has 1 saturated carbocycles. The molecule has 4 heterocycles. The van der Waals surface area contributed by atoms with Gasteiger partial charge in [0.05, 0.1) is 16.2 Å². The number of hydrogen-bond donors (Lipinski definition) is 0. The van der Waals surface area contributed by atoms with Crippen LogP contribution in [-0.2, 0) is 10.2 Å². The van der Waals surface area contributed by atoms with Gasteiger partial charge in [-0.05, 0) is 48.6 Å². The topological polar surface area (TPSA) is 59.2 Å². The molecule has 0 N–H and O–H groups in total. The van der Waals surface area contributed by atoms with Crippen LogP contribution in [-0.4, -0.2) is 34.1 Å². The van der Waals surface area contributed by atoms with E-state index in [1.165, 1.54) is 4.88 Å². The molecule has 1 amide bonds. The first-order valence-electron chi connectivity index (χ1n) is 9.97. The van der Waals surface area contributed by atoms with Gasteiger partial charge in [-0.2, -0.15) is 0 Å². The highest BCUT2D eigenvalue weighted by Gasteiger charge is 2.46. The number of nitrogens with zero attached hydrogens (tertiary/aromatic N) is 3. The fourth-order valence-electron chi connectivity index (χ4n) is 4.66. The van der Waals surface area contributed by atoms with Crippen molar-refractivity contribution in [2.75, 3.05) is 13.1 Å². The van der Waals surface area contributed by atoms with E-state index in [0.717, 1.165) is 49.9 Å². The molecule has 28 heavy (non-hydrogen) atoms. The molecule has 1 atom stereocenters. The zero-order valence-electron chi connectivity index (χ0n) is 15.7. The van der Waals surface area contributed by atoms with Crippen LogP contribution in [0.4, 0.5) is 0 Å². The average molecular weight is 414 g/mol. The number of hydrogen-bond acceptors (Lipinski definition) is 6. The lowest BCUT2D eigenvalue weighted by Gasteiger charge is -2.38. The Bertz CT molecular complexity index is 927. The van der Waals surface area contributed by atoms with Crippen LogP contribution in [0.2, 0.25) is 0 Å².